The van der Waals surface area contributed by atoms with Crippen molar-refractivity contribution in [3.05, 3.63) is 258 Å². The number of amides is 4. The topological polar surface area (TPSA) is 298 Å². The van der Waals surface area contributed by atoms with Gasteiger partial charge in [0, 0.05) is 110 Å². The maximum atomic E-state index is 15.1. The minimum absolute atomic E-state index is 0.0398. The van der Waals surface area contributed by atoms with E-state index in [0.29, 0.717) is 112 Å². The first kappa shape index (κ1) is 95.7. The molecule has 13 aromatic rings. The highest BCUT2D eigenvalue weighted by Gasteiger charge is 2.42. The zero-order chi connectivity index (χ0) is 96.1. The number of H-pyrrole nitrogens is 1. The van der Waals surface area contributed by atoms with Crippen molar-refractivity contribution in [3.8, 4) is 50.8 Å². The molecular weight excluding hydrogens is 1760 g/mol. The first-order valence-electron chi connectivity index (χ1n) is 43.9. The Bertz CT molecular complexity index is 6990. The number of fused-ring (bicyclic) bond motifs is 4. The summed E-state index contributed by atoms with van der Waals surface area (Å²) in [5.74, 6) is -1.75. The van der Waals surface area contributed by atoms with Crippen molar-refractivity contribution < 1.29 is 36.7 Å². The Morgan fingerprint density at radius 2 is 0.820 bits per heavy atom. The fourth-order valence-electron chi connectivity index (χ4n) is 17.8. The number of aromatic amines is 1. The number of halogens is 7. The Balaban J connectivity index is 0.000000160. The molecule has 9 aromatic heterocycles. The van der Waals surface area contributed by atoms with Gasteiger partial charge in [-0.05, 0) is 168 Å². The van der Waals surface area contributed by atoms with Gasteiger partial charge in [0.15, 0.2) is 16.9 Å². The molecule has 0 saturated carbocycles. The summed E-state index contributed by atoms with van der Waals surface area (Å²) in [4.78, 5) is 141. The maximum Gasteiger partial charge on any atom is 0.471 e. The molecule has 4 amide bonds. The van der Waals surface area contributed by atoms with E-state index in [0.717, 1.165) is 50.1 Å². The molecule has 0 radical (unpaired) electrons. The van der Waals surface area contributed by atoms with Crippen LogP contribution in [0, 0.1) is 19.7 Å². The van der Waals surface area contributed by atoms with Gasteiger partial charge in [-0.3, -0.25) is 34.2 Å². The molecule has 6 atom stereocenters. The van der Waals surface area contributed by atoms with Crippen LogP contribution in [0.2, 0.25) is 15.1 Å². The summed E-state index contributed by atoms with van der Waals surface area (Å²) in [7, 11) is 0. The molecule has 2 N–H and O–H groups in total. The highest BCUT2D eigenvalue weighted by Crippen LogP contribution is 2.44. The van der Waals surface area contributed by atoms with E-state index in [-0.39, 0.29) is 122 Å². The Morgan fingerprint density at radius 3 is 1.20 bits per heavy atom. The van der Waals surface area contributed by atoms with E-state index in [1.807, 2.05) is 147 Å². The highest BCUT2D eigenvalue weighted by atomic mass is 35.5. The smallest absolute Gasteiger partial charge is 0.349 e. The molecule has 34 heteroatoms. The number of nitrogens with one attached hydrogen (secondary N) is 2. The van der Waals surface area contributed by atoms with Crippen LogP contribution in [0.15, 0.2) is 186 Å². The van der Waals surface area contributed by atoms with Gasteiger partial charge < -0.3 is 34.7 Å². The number of para-hydroxylation sites is 3. The fourth-order valence-corrected chi connectivity index (χ4v) is 18.6. The number of rotatable bonds is 17. The molecule has 16 rings (SSSR count). The molecule has 3 saturated heterocycles. The van der Waals surface area contributed by atoms with Crippen LogP contribution in [0.4, 0.5) is 40.7 Å². The van der Waals surface area contributed by atoms with Gasteiger partial charge in [0.25, 0.3) is 0 Å². The molecule has 690 valence electrons. The van der Waals surface area contributed by atoms with Crippen molar-refractivity contribution in [2.75, 3.05) is 59.3 Å². The highest BCUT2D eigenvalue weighted by molar-refractivity contribution is 6.35. The average Bonchev–Trinajstić information content (AvgIpc) is 0.867. The number of aromatic nitrogens is 13. The number of benzene rings is 4. The molecule has 3 aliphatic rings. The molecule has 0 bridgehead atoms. The first-order chi connectivity index (χ1) is 63.2. The van der Waals surface area contributed by atoms with Gasteiger partial charge in [0.1, 0.15) is 23.3 Å². The molecule has 3 fully saturated rings. The second-order valence-electron chi connectivity index (χ2n) is 35.1. The Morgan fingerprint density at radius 1 is 0.459 bits per heavy atom. The van der Waals surface area contributed by atoms with Gasteiger partial charge in [-0.25, -0.2) is 47.4 Å². The second kappa shape index (κ2) is 38.8. The third-order valence-corrected chi connectivity index (χ3v) is 25.4. The van der Waals surface area contributed by atoms with E-state index in [1.165, 1.54) is 47.1 Å². The monoisotopic (exact) mass is 1860 g/mol. The summed E-state index contributed by atoms with van der Waals surface area (Å²) in [6.45, 7) is 45.2. The first-order valence-corrected chi connectivity index (χ1v) is 45.0. The lowest BCUT2D eigenvalue weighted by Gasteiger charge is -2.44. The standard InChI is InChI=1S/C34H37ClFN5O2.C33H33ClF3N7O3.C32H33ClN8O2/c1-8-29(42)39-17-22(7)40(18-21(39)6)32-26-16-27(35)30(25-12-9-10-15-28(25)36)37-33(26)41(34(43)38-32)31-23(19(2)3)13-11-14-24(31)20(4)5;1-7-25(45)42-15-20(6)43(16-19(42)5)29-22-14-23(34)27(21-10-8-9-11-24(21)39-31(46)33(35,36)37)40-30(22)44(32(47)41-29)28-18(4)12-13-38-26(28)17(2)3;1-7-25(42)39-15-20(6)40(16-19(39)5)30-23-13-24(33)28(22-10-8-9-21-14-35-38-27(21)22)36-31(23)41(32(43)37-30)29-18(4)11-12-34-26(29)17(2)3/h8-16,19-22H,1,17-18H2,2-7H3;7-14,17,19-20H,1,15-16H2,2-6H3,(H,39,46);7-14,17,19-20H,1,15-16H2,2-6H3,(H,35,38). The third kappa shape index (κ3) is 18.6. The number of aryl methyl sites for hydroxylation is 2. The summed E-state index contributed by atoms with van der Waals surface area (Å²) < 4.78 is 59.2. The van der Waals surface area contributed by atoms with Gasteiger partial charge in [0.2, 0.25) is 17.7 Å². The van der Waals surface area contributed by atoms with E-state index >= 15 is 4.39 Å². The minimum atomic E-state index is -5.13. The zero-order valence-electron chi connectivity index (χ0n) is 76.6. The van der Waals surface area contributed by atoms with Crippen LogP contribution in [0.5, 0.6) is 0 Å². The van der Waals surface area contributed by atoms with Crippen molar-refractivity contribution in [1.82, 2.24) is 78.5 Å². The predicted molar refractivity (Wildman–Crippen MR) is 517 cm³/mol. The van der Waals surface area contributed by atoms with E-state index in [4.69, 9.17) is 49.8 Å². The lowest BCUT2D eigenvalue weighted by Crippen LogP contribution is -2.58. The normalized spacial score (nSPS) is 17.1. The van der Waals surface area contributed by atoms with Gasteiger partial charge in [-0.1, -0.05) is 177 Å². The minimum Gasteiger partial charge on any atom is -0.349 e. The SMILES string of the molecule is C=CC(=O)N1CC(C)N(c2nc(=O)n(-c3c(C(C)C)cccc3C(C)C)c3nc(-c4ccccc4F)c(Cl)cc23)CC1C.C=CC(=O)N1CC(C)N(c2nc(=O)n(-c3c(C)ccnc3C(C)C)c3nc(-c4cccc5cn[nH]c45)c(Cl)cc23)CC1C.C=CC(=O)N1CC(C)N(c2nc(=O)n(-c3c(C)ccnc3C(C)C)c3nc(-c4ccccc4NC(=O)C(F)(F)F)c(Cl)cc23)CC1C. The van der Waals surface area contributed by atoms with Crippen LogP contribution >= 0.6 is 34.8 Å². The van der Waals surface area contributed by atoms with E-state index in [2.05, 4.69) is 87.4 Å². The number of pyridine rings is 5. The molecule has 4 aromatic carbocycles. The van der Waals surface area contributed by atoms with Crippen molar-refractivity contribution in [1.29, 1.82) is 0 Å². The summed E-state index contributed by atoms with van der Waals surface area (Å²) in [6.07, 6.45) is 3.93. The fraction of sp³-hybridized carbons (Fsp3) is 0.333. The zero-order valence-corrected chi connectivity index (χ0v) is 78.9. The molecule has 0 aliphatic carbocycles. The van der Waals surface area contributed by atoms with Crippen LogP contribution in [0.3, 0.4) is 0 Å². The van der Waals surface area contributed by atoms with E-state index in [1.54, 1.807) is 84.9 Å². The largest absolute Gasteiger partial charge is 0.471 e. The molecular formula is C99H103Cl3F4N20O7. The maximum absolute atomic E-state index is 15.1. The lowest BCUT2D eigenvalue weighted by atomic mass is 9.92. The molecule has 0 spiro atoms. The number of hydrogen-bond acceptors (Lipinski definition) is 19. The summed E-state index contributed by atoms with van der Waals surface area (Å²) >= 11 is 20.7. The van der Waals surface area contributed by atoms with Gasteiger partial charge in [0.05, 0.1) is 94.2 Å². The third-order valence-electron chi connectivity index (χ3n) is 24.5. The number of anilines is 4. The number of carbonyl (C=O) groups is 4. The van der Waals surface area contributed by atoms with E-state index in [9.17, 15) is 46.7 Å². The van der Waals surface area contributed by atoms with Gasteiger partial charge in [-0.15, -0.1) is 0 Å². The predicted octanol–water partition coefficient (Wildman–Crippen LogP) is 18.6. The molecule has 3 aliphatic heterocycles. The quantitative estimate of drug-likeness (QED) is 0.0632. The Labute approximate surface area is 780 Å². The second-order valence-corrected chi connectivity index (χ2v) is 36.3. The van der Waals surface area contributed by atoms with Gasteiger partial charge in [-0.2, -0.15) is 33.2 Å². The summed E-state index contributed by atoms with van der Waals surface area (Å²) in [5.41, 5.74) is 8.64. The number of carbonyl (C=O) groups excluding carboxylic acids is 4. The van der Waals surface area contributed by atoms with Crippen molar-refractivity contribution in [2.24, 2.45) is 0 Å². The van der Waals surface area contributed by atoms with Crippen LogP contribution in [0.1, 0.15) is 154 Å². The molecule has 27 nitrogen and oxygen atoms in total. The number of piperazine rings is 3. The van der Waals surface area contributed by atoms with Crippen molar-refractivity contribution >= 4 is 126 Å². The lowest BCUT2D eigenvalue weighted by molar-refractivity contribution is -0.167. The van der Waals surface area contributed by atoms with Crippen molar-refractivity contribution in [2.45, 2.75) is 177 Å². The molecule has 6 unspecified atom stereocenters. The Hall–Kier alpha value is -13.4. The average molecular weight is 1870 g/mol. The van der Waals surface area contributed by atoms with Crippen molar-refractivity contribution in [3.63, 3.8) is 0 Å². The van der Waals surface area contributed by atoms with Crippen LogP contribution < -0.4 is 37.1 Å². The number of alkyl halides is 3. The summed E-state index contributed by atoms with van der Waals surface area (Å²) in [5, 5.41) is 12.4. The van der Waals surface area contributed by atoms with Gasteiger partial charge >= 0.3 is 29.2 Å². The van der Waals surface area contributed by atoms with Crippen LogP contribution in [-0.2, 0) is 19.2 Å². The van der Waals surface area contributed by atoms with Crippen LogP contribution in [0.25, 0.3) is 94.8 Å². The van der Waals surface area contributed by atoms with E-state index < -0.39 is 35.0 Å². The summed E-state index contributed by atoms with van der Waals surface area (Å²) in [6, 6.07) is 31.7. The number of nitrogens with zero attached hydrogens (tertiary/aromatic N) is 18. The number of hydrogen-bond donors (Lipinski definition) is 2. The van der Waals surface area contributed by atoms with Crippen LogP contribution in [-0.4, -0.2) is 184 Å². The molecule has 12 heterocycles. The molecule has 133 heavy (non-hydrogen) atoms. The Kier molecular flexibility index (Phi) is 27.9.